The number of hydrogen-bond donors (Lipinski definition) is 1. The molecule has 1 aromatic heterocycles. The fourth-order valence-electron chi connectivity index (χ4n) is 1.91. The average Bonchev–Trinajstić information content (AvgIpc) is 2.88. The molecule has 0 saturated carbocycles. The molecule has 0 fully saturated rings. The zero-order valence-corrected chi connectivity index (χ0v) is 14.4. The zero-order chi connectivity index (χ0) is 16.4. The molecule has 1 heterocycles. The first-order valence-electron chi connectivity index (χ1n) is 6.93. The van der Waals surface area contributed by atoms with E-state index in [4.69, 9.17) is 0 Å². The van der Waals surface area contributed by atoms with E-state index in [1.54, 1.807) is 13.8 Å². The van der Waals surface area contributed by atoms with Crippen molar-refractivity contribution < 1.29 is 12.6 Å². The van der Waals surface area contributed by atoms with Crippen molar-refractivity contribution in [2.75, 3.05) is 18.6 Å². The van der Waals surface area contributed by atoms with E-state index in [9.17, 15) is 12.6 Å². The predicted molar refractivity (Wildman–Crippen MR) is 88.1 cm³/mol. The summed E-state index contributed by atoms with van der Waals surface area (Å²) in [5.41, 5.74) is 1.61. The molecule has 9 heteroatoms. The van der Waals surface area contributed by atoms with E-state index in [-0.39, 0.29) is 18.1 Å². The van der Waals surface area contributed by atoms with Gasteiger partial charge in [-0.05, 0) is 12.1 Å². The molecule has 0 atom stereocenters. The number of benzene rings is 1. The fourth-order valence-corrected chi connectivity index (χ4v) is 5.28. The molecule has 0 amide bonds. The zero-order valence-electron chi connectivity index (χ0n) is 12.8. The molecule has 0 aliphatic rings. The van der Waals surface area contributed by atoms with Crippen LogP contribution in [0.2, 0.25) is 0 Å². The van der Waals surface area contributed by atoms with Gasteiger partial charge in [-0.3, -0.25) is 0 Å². The van der Waals surface area contributed by atoms with Crippen molar-refractivity contribution in [3.63, 3.8) is 0 Å². The Morgan fingerprint density at radius 1 is 1.18 bits per heavy atom. The summed E-state index contributed by atoms with van der Waals surface area (Å²) in [6.45, 7) is 3.39. The Kier molecular flexibility index (Phi) is 4.88. The second kappa shape index (κ2) is 6.35. The fraction of sp³-hybridized carbons (Fsp3) is 0.462. The number of fused-ring (bicyclic) bond motifs is 1. The number of para-hydroxylation sites is 2. The van der Waals surface area contributed by atoms with Crippen LogP contribution in [0.4, 0.5) is 0 Å². The van der Waals surface area contributed by atoms with Crippen molar-refractivity contribution in [3.8, 4) is 0 Å². The van der Waals surface area contributed by atoms with E-state index in [2.05, 4.69) is 13.7 Å². The third-order valence-electron chi connectivity index (χ3n) is 3.34. The van der Waals surface area contributed by atoms with Gasteiger partial charge in [-0.1, -0.05) is 29.7 Å². The summed E-state index contributed by atoms with van der Waals surface area (Å²) in [4.78, 5) is 7.39. The minimum Gasteiger partial charge on any atom is -0.341 e. The Hall–Kier alpha value is -1.45. The van der Waals surface area contributed by atoms with Gasteiger partial charge in [0.15, 0.2) is 0 Å². The van der Waals surface area contributed by atoms with Gasteiger partial charge in [0.05, 0.1) is 27.3 Å². The molecule has 0 bridgehead atoms. The van der Waals surface area contributed by atoms with Gasteiger partial charge in [-0.25, -0.2) is 9.19 Å². The second-order valence-electron chi connectivity index (χ2n) is 4.86. The summed E-state index contributed by atoms with van der Waals surface area (Å²) < 4.78 is 41.3. The molecule has 2 aromatic rings. The van der Waals surface area contributed by atoms with Gasteiger partial charge in [0.1, 0.15) is 5.82 Å². The maximum atomic E-state index is 12.2. The van der Waals surface area contributed by atoms with Crippen molar-refractivity contribution >= 4 is 31.0 Å². The van der Waals surface area contributed by atoms with Crippen molar-refractivity contribution in [1.82, 2.24) is 14.3 Å². The third-order valence-corrected chi connectivity index (χ3v) is 7.90. The molecule has 0 saturated heterocycles. The Balaban J connectivity index is 2.27. The highest BCUT2D eigenvalue weighted by Crippen LogP contribution is 2.14. The van der Waals surface area contributed by atoms with Crippen LogP contribution in [0.3, 0.4) is 0 Å². The molecule has 1 N–H and O–H groups in total. The first-order chi connectivity index (χ1) is 10.3. The second-order valence-corrected chi connectivity index (χ2v) is 9.67. The van der Waals surface area contributed by atoms with E-state index >= 15 is 0 Å². The van der Waals surface area contributed by atoms with Gasteiger partial charge in [0.2, 0.25) is 0 Å². The normalized spacial score (nSPS) is 12.9. The van der Waals surface area contributed by atoms with Crippen LogP contribution < -0.4 is 0 Å². The number of nitrogens with one attached hydrogen (secondary N) is 1. The number of imidazole rings is 1. The molecular formula is C13H20N4O3S2. The Bertz CT molecular complexity index is 837. The Labute approximate surface area is 131 Å². The number of hydrogen-bond acceptors (Lipinski definition) is 4. The lowest BCUT2D eigenvalue weighted by Gasteiger charge is -2.13. The molecular weight excluding hydrogens is 324 g/mol. The molecule has 0 unspecified atom stereocenters. The van der Waals surface area contributed by atoms with Crippen LogP contribution in [0.15, 0.2) is 28.0 Å². The molecule has 0 spiro atoms. The van der Waals surface area contributed by atoms with Gasteiger partial charge in [-0.15, -0.1) is 0 Å². The highest BCUT2D eigenvalue weighted by Gasteiger charge is 2.21. The average molecular weight is 344 g/mol. The molecule has 122 valence electrons. The summed E-state index contributed by atoms with van der Waals surface area (Å²) in [6.07, 6.45) is 0. The monoisotopic (exact) mass is 344 g/mol. The molecule has 0 aliphatic heterocycles. The van der Waals surface area contributed by atoms with Crippen molar-refractivity contribution in [2.45, 2.75) is 20.4 Å². The quantitative estimate of drug-likeness (QED) is 0.863. The van der Waals surface area contributed by atoms with Crippen LogP contribution in [0.25, 0.3) is 11.0 Å². The van der Waals surface area contributed by atoms with Gasteiger partial charge < -0.3 is 4.98 Å². The molecule has 0 aliphatic carbocycles. The minimum absolute atomic E-state index is 0.0451. The lowest BCUT2D eigenvalue weighted by molar-refractivity contribution is 0.460. The maximum Gasteiger partial charge on any atom is 0.330 e. The third kappa shape index (κ3) is 3.65. The van der Waals surface area contributed by atoms with Crippen LogP contribution >= 0.6 is 0 Å². The van der Waals surface area contributed by atoms with Gasteiger partial charge in [0, 0.05) is 18.6 Å². The molecule has 1 aromatic carbocycles. The highest BCUT2D eigenvalue weighted by molar-refractivity contribution is 8.02. The number of nitrogens with zero attached hydrogens (tertiary/aromatic N) is 3. The number of H-pyrrole nitrogens is 1. The van der Waals surface area contributed by atoms with Crippen LogP contribution in [0, 0.1) is 0 Å². The molecule has 22 heavy (non-hydrogen) atoms. The van der Waals surface area contributed by atoms with Crippen molar-refractivity contribution in [3.05, 3.63) is 30.1 Å². The molecule has 7 nitrogen and oxygen atoms in total. The Morgan fingerprint density at radius 3 is 2.41 bits per heavy atom. The van der Waals surface area contributed by atoms with Gasteiger partial charge in [-0.2, -0.15) is 12.7 Å². The summed E-state index contributed by atoms with van der Waals surface area (Å²) in [7, 11) is -5.27. The van der Waals surface area contributed by atoms with Crippen LogP contribution in [0.1, 0.15) is 19.7 Å². The SMILES string of the molecule is CCS(=O)(CC)=NS(=O)(=O)N(C)Cc1nc2ccccc2[nH]1. The summed E-state index contributed by atoms with van der Waals surface area (Å²) >= 11 is 0. The van der Waals surface area contributed by atoms with Crippen LogP contribution in [0.5, 0.6) is 0 Å². The lowest BCUT2D eigenvalue weighted by atomic mass is 10.3. The molecule has 0 radical (unpaired) electrons. The van der Waals surface area contributed by atoms with E-state index in [0.717, 1.165) is 15.3 Å². The molecule has 2 rings (SSSR count). The minimum atomic E-state index is -3.95. The lowest BCUT2D eigenvalue weighted by Crippen LogP contribution is -2.26. The van der Waals surface area contributed by atoms with Crippen molar-refractivity contribution in [2.24, 2.45) is 3.77 Å². The van der Waals surface area contributed by atoms with E-state index < -0.39 is 19.9 Å². The van der Waals surface area contributed by atoms with Crippen LogP contribution in [-0.4, -0.2) is 45.5 Å². The number of aromatic nitrogens is 2. The largest absolute Gasteiger partial charge is 0.341 e. The van der Waals surface area contributed by atoms with Crippen molar-refractivity contribution in [1.29, 1.82) is 0 Å². The van der Waals surface area contributed by atoms with E-state index in [1.165, 1.54) is 7.05 Å². The first-order valence-corrected chi connectivity index (χ1v) is 10.2. The first kappa shape index (κ1) is 16.9. The number of aromatic amines is 1. The Morgan fingerprint density at radius 2 is 1.82 bits per heavy atom. The summed E-state index contributed by atoms with van der Waals surface area (Å²) in [5.74, 6) is 0.935. The van der Waals surface area contributed by atoms with Gasteiger partial charge >= 0.3 is 10.2 Å². The maximum absolute atomic E-state index is 12.2. The summed E-state index contributed by atoms with van der Waals surface area (Å²) in [5, 5.41) is 0. The smallest absolute Gasteiger partial charge is 0.330 e. The summed E-state index contributed by atoms with van der Waals surface area (Å²) in [6, 6.07) is 7.44. The van der Waals surface area contributed by atoms with Crippen LogP contribution in [-0.2, 0) is 26.5 Å². The van der Waals surface area contributed by atoms with Gasteiger partial charge in [0.25, 0.3) is 0 Å². The standard InChI is InChI=1S/C13H20N4O3S2/c1-4-21(18,5-2)16-22(19,20)17(3)10-13-14-11-8-6-7-9-12(11)15-13/h6-9H,4-5,10H2,1-3H3,(H,14,15). The topological polar surface area (TPSA) is 95.5 Å². The van der Waals surface area contributed by atoms with E-state index in [1.807, 2.05) is 24.3 Å². The van der Waals surface area contributed by atoms with E-state index in [0.29, 0.717) is 5.82 Å². The number of rotatable bonds is 6. The highest BCUT2D eigenvalue weighted by atomic mass is 32.3. The predicted octanol–water partition coefficient (Wildman–Crippen LogP) is 1.75.